The van der Waals surface area contributed by atoms with Crippen LogP contribution in [0.4, 0.5) is 0 Å². The summed E-state index contributed by atoms with van der Waals surface area (Å²) >= 11 is 0. The largest absolute Gasteiger partial charge is 0.507 e. The number of methoxy groups -OCH3 is 2. The van der Waals surface area contributed by atoms with Gasteiger partial charge in [-0.25, -0.2) is 9.59 Å². The lowest BCUT2D eigenvalue weighted by Gasteiger charge is -2.23. The Morgan fingerprint density at radius 2 is 0.887 bits per heavy atom. The van der Waals surface area contributed by atoms with Crippen LogP contribution in [0.25, 0.3) is 32.7 Å². The second-order valence-electron chi connectivity index (χ2n) is 16.1. The van der Waals surface area contributed by atoms with Crippen LogP contribution >= 0.6 is 0 Å². The van der Waals surface area contributed by atoms with Crippen molar-refractivity contribution < 1.29 is 49.7 Å². The molecule has 12 nitrogen and oxygen atoms in total. The number of aryl methyl sites for hydroxylation is 2. The fourth-order valence-corrected chi connectivity index (χ4v) is 8.29. The lowest BCUT2D eigenvalue weighted by Crippen LogP contribution is -2.23. The zero-order chi connectivity index (χ0) is 45.2. The van der Waals surface area contributed by atoms with Crippen molar-refractivity contribution in [3.63, 3.8) is 0 Å². The van der Waals surface area contributed by atoms with Crippen molar-refractivity contribution in [3.05, 3.63) is 117 Å². The van der Waals surface area contributed by atoms with E-state index in [1.165, 1.54) is 26.6 Å². The second-order valence-corrected chi connectivity index (χ2v) is 16.1. The lowest BCUT2D eigenvalue weighted by atomic mass is 9.83. The van der Waals surface area contributed by atoms with Gasteiger partial charge in [0, 0.05) is 69.4 Å². The summed E-state index contributed by atoms with van der Waals surface area (Å²) < 4.78 is 10.1. The van der Waals surface area contributed by atoms with Gasteiger partial charge in [0.1, 0.15) is 11.5 Å². The average Bonchev–Trinajstić information content (AvgIpc) is 3.24. The number of aromatic hydroxyl groups is 6. The Labute approximate surface area is 360 Å². The number of esters is 2. The molecule has 0 spiro atoms. The minimum Gasteiger partial charge on any atom is -0.507 e. The molecule has 12 heteroatoms. The highest BCUT2D eigenvalue weighted by atomic mass is 16.5. The highest BCUT2D eigenvalue weighted by Gasteiger charge is 2.30. The van der Waals surface area contributed by atoms with Crippen molar-refractivity contribution in [3.8, 4) is 45.6 Å². The first-order valence-corrected chi connectivity index (χ1v) is 20.3. The van der Waals surface area contributed by atoms with Crippen LogP contribution in [0.5, 0.6) is 34.5 Å². The number of fused-ring (bicyclic) bond motifs is 2. The van der Waals surface area contributed by atoms with E-state index in [1.807, 2.05) is 88.4 Å². The van der Waals surface area contributed by atoms with Crippen LogP contribution in [0.1, 0.15) is 84.0 Å². The summed E-state index contributed by atoms with van der Waals surface area (Å²) in [5.74, 6) is -4.67. The molecule has 0 unspecified atom stereocenters. The van der Waals surface area contributed by atoms with Crippen LogP contribution in [0.3, 0.4) is 0 Å². The molecule has 0 saturated carbocycles. The van der Waals surface area contributed by atoms with Gasteiger partial charge >= 0.3 is 11.9 Å². The molecule has 62 heavy (non-hydrogen) atoms. The van der Waals surface area contributed by atoms with Crippen LogP contribution in [-0.2, 0) is 31.9 Å². The fourth-order valence-electron chi connectivity index (χ4n) is 8.29. The van der Waals surface area contributed by atoms with Gasteiger partial charge in [0.15, 0.2) is 35.1 Å². The molecular weight excluding hydrogens is 789 g/mol. The van der Waals surface area contributed by atoms with Crippen molar-refractivity contribution in [1.29, 1.82) is 0 Å². The third-order valence-corrected chi connectivity index (χ3v) is 11.2. The van der Waals surface area contributed by atoms with Crippen molar-refractivity contribution in [2.45, 2.75) is 78.3 Å². The van der Waals surface area contributed by atoms with Gasteiger partial charge < -0.3 is 40.1 Å². The molecule has 0 fully saturated rings. The minimum absolute atomic E-state index is 0.0784. The molecule has 2 atom stereocenters. The van der Waals surface area contributed by atoms with Crippen molar-refractivity contribution >= 4 is 45.9 Å². The Bertz CT molecular complexity index is 2550. The highest BCUT2D eigenvalue weighted by molar-refractivity contribution is 6.15. The summed E-state index contributed by atoms with van der Waals surface area (Å²) in [6.07, 6.45) is 2.79. The molecule has 6 rings (SSSR count). The maximum absolute atomic E-state index is 13.0. The molecule has 322 valence electrons. The van der Waals surface area contributed by atoms with E-state index in [-0.39, 0.29) is 69.2 Å². The fraction of sp³-hybridized carbons (Fsp3) is 0.280. The topological polar surface area (TPSA) is 199 Å². The molecule has 0 aliphatic heterocycles. The predicted molar refractivity (Wildman–Crippen MR) is 242 cm³/mol. The SMILES string of the molecule is COC(=O)[C@H](Cc1ccccc1)N=Cc1c(O)c(O)c(C(C)C)c2cc(C)c(-c3c(C)cc4c(C(C)C)c(O)c(O)c(C=N[C@@H](Cc5ccccc5)C(=O)OC)c4c3O)c(O)c12. The number of ether oxygens (including phenoxy) is 2. The number of hydrogen-bond donors (Lipinski definition) is 6. The summed E-state index contributed by atoms with van der Waals surface area (Å²) in [6, 6.07) is 19.7. The molecular formula is C50H52N2O10. The molecule has 0 radical (unpaired) electrons. The maximum Gasteiger partial charge on any atom is 0.330 e. The van der Waals surface area contributed by atoms with E-state index in [2.05, 4.69) is 9.98 Å². The first-order chi connectivity index (χ1) is 29.5. The molecule has 0 heterocycles. The summed E-state index contributed by atoms with van der Waals surface area (Å²) in [6.45, 7) is 10.8. The van der Waals surface area contributed by atoms with E-state index in [0.29, 0.717) is 33.0 Å². The van der Waals surface area contributed by atoms with Gasteiger partial charge in [-0.1, -0.05) is 100 Å². The van der Waals surface area contributed by atoms with Crippen molar-refractivity contribution in [2.75, 3.05) is 14.2 Å². The van der Waals surface area contributed by atoms with E-state index in [9.17, 15) is 40.2 Å². The molecule has 0 bridgehead atoms. The molecule has 0 saturated heterocycles. The third kappa shape index (κ3) is 8.32. The van der Waals surface area contributed by atoms with Gasteiger partial charge in [-0.2, -0.15) is 0 Å². The molecule has 6 aromatic carbocycles. The molecule has 0 aliphatic carbocycles. The van der Waals surface area contributed by atoms with Crippen LogP contribution in [0.15, 0.2) is 82.8 Å². The summed E-state index contributed by atoms with van der Waals surface area (Å²) in [5, 5.41) is 72.3. The van der Waals surface area contributed by atoms with Gasteiger partial charge in [-0.3, -0.25) is 9.98 Å². The number of hydrogen-bond acceptors (Lipinski definition) is 12. The molecule has 6 aromatic rings. The Balaban J connectivity index is 1.65. The first-order valence-electron chi connectivity index (χ1n) is 20.3. The zero-order valence-corrected chi connectivity index (χ0v) is 36.0. The van der Waals surface area contributed by atoms with Gasteiger partial charge in [0.05, 0.1) is 14.2 Å². The van der Waals surface area contributed by atoms with Crippen molar-refractivity contribution in [2.24, 2.45) is 9.98 Å². The Morgan fingerprint density at radius 1 is 0.548 bits per heavy atom. The molecule has 0 aromatic heterocycles. The van der Waals surface area contributed by atoms with Crippen molar-refractivity contribution in [1.82, 2.24) is 0 Å². The molecule has 0 aliphatic rings. The third-order valence-electron chi connectivity index (χ3n) is 11.2. The number of nitrogens with zero attached hydrogens (tertiary/aromatic N) is 2. The number of aliphatic imine (C=N–C) groups is 2. The van der Waals surface area contributed by atoms with E-state index in [1.54, 1.807) is 26.0 Å². The van der Waals surface area contributed by atoms with Crippen LogP contribution in [0, 0.1) is 13.8 Å². The second kappa shape index (κ2) is 18.3. The maximum atomic E-state index is 13.0. The number of rotatable bonds is 13. The molecule has 6 N–H and O–H groups in total. The summed E-state index contributed by atoms with van der Waals surface area (Å²) in [5.41, 5.74) is 3.44. The summed E-state index contributed by atoms with van der Waals surface area (Å²) in [4.78, 5) is 35.1. The quantitative estimate of drug-likeness (QED) is 0.0370. The number of benzene rings is 6. The minimum atomic E-state index is -1.05. The van der Waals surface area contributed by atoms with E-state index >= 15 is 0 Å². The summed E-state index contributed by atoms with van der Waals surface area (Å²) in [7, 11) is 2.49. The van der Waals surface area contributed by atoms with Crippen LogP contribution in [-0.4, -0.2) is 81.3 Å². The normalized spacial score (nSPS) is 12.9. The monoisotopic (exact) mass is 840 g/mol. The van der Waals surface area contributed by atoms with E-state index < -0.39 is 47.0 Å². The van der Waals surface area contributed by atoms with Crippen LogP contribution in [0.2, 0.25) is 0 Å². The number of carbonyl (C=O) groups is 2. The standard InChI is InChI=1S/C50H52N2O10/c1-25(2)37-31-19-27(5)39(45(55)41(31)33(43(53)47(37)57)23-51-35(49(59)61-7)21-29-15-11-9-12-16-29)40-28(6)20-32-38(26(3)4)48(58)44(54)34(42(32)46(40)56)24-52-36(50(60)62-8)22-30-17-13-10-14-18-30/h9-20,23-26,35-36,53-58H,21-22H2,1-8H3/t35-,36-/m0/s1. The first kappa shape index (κ1) is 44.5. The van der Waals surface area contributed by atoms with Gasteiger partial charge in [-0.15, -0.1) is 0 Å². The average molecular weight is 841 g/mol. The smallest absolute Gasteiger partial charge is 0.330 e. The van der Waals surface area contributed by atoms with Crippen LogP contribution < -0.4 is 0 Å². The Kier molecular flexibility index (Phi) is 13.1. The number of phenolic OH excluding ortho intramolecular Hbond substituents is 6. The van der Waals surface area contributed by atoms with Gasteiger partial charge in [-0.05, 0) is 58.7 Å². The Morgan fingerprint density at radius 3 is 1.19 bits per heavy atom. The van der Waals surface area contributed by atoms with Gasteiger partial charge in [0.2, 0.25) is 0 Å². The van der Waals surface area contributed by atoms with E-state index in [0.717, 1.165) is 11.1 Å². The highest BCUT2D eigenvalue weighted by Crippen LogP contribution is 2.54. The number of phenols is 6. The number of carbonyl (C=O) groups excluding carboxylic acids is 2. The predicted octanol–water partition coefficient (Wildman–Crippen LogP) is 9.16. The lowest BCUT2D eigenvalue weighted by molar-refractivity contribution is -0.142. The Hall–Kier alpha value is -7.08. The van der Waals surface area contributed by atoms with E-state index in [4.69, 9.17) is 9.47 Å². The zero-order valence-electron chi connectivity index (χ0n) is 36.0. The molecule has 0 amide bonds. The van der Waals surface area contributed by atoms with Gasteiger partial charge in [0.25, 0.3) is 0 Å².